The van der Waals surface area contributed by atoms with Crippen LogP contribution in [0.5, 0.6) is 5.75 Å². The van der Waals surface area contributed by atoms with Gasteiger partial charge in [0.25, 0.3) is 0 Å². The Kier molecular flexibility index (Phi) is 3.72. The van der Waals surface area contributed by atoms with E-state index in [0.717, 1.165) is 18.3 Å². The normalized spacial score (nSPS) is 16.9. The van der Waals surface area contributed by atoms with Gasteiger partial charge in [0, 0.05) is 0 Å². The summed E-state index contributed by atoms with van der Waals surface area (Å²) < 4.78 is 6.01. The quantitative estimate of drug-likeness (QED) is 0.848. The van der Waals surface area contributed by atoms with Crippen molar-refractivity contribution < 1.29 is 4.74 Å². The fraction of sp³-hybridized carbons (Fsp3) is 0.600. The predicted molar refractivity (Wildman–Crippen MR) is 71.6 cm³/mol. The first-order valence-corrected chi connectivity index (χ1v) is 6.55. The molecule has 1 aliphatic rings. The Morgan fingerprint density at radius 1 is 1.35 bits per heavy atom. The third-order valence-corrected chi connectivity index (χ3v) is 3.49. The Balaban J connectivity index is 2.24. The van der Waals surface area contributed by atoms with E-state index in [4.69, 9.17) is 10.5 Å². The molecule has 1 aromatic carbocycles. The number of hydrogen-bond donors (Lipinski definition) is 1. The summed E-state index contributed by atoms with van der Waals surface area (Å²) in [5, 5.41) is 0. The lowest BCUT2D eigenvalue weighted by molar-refractivity contribution is 0.293. The molecule has 0 radical (unpaired) electrons. The van der Waals surface area contributed by atoms with E-state index in [0.29, 0.717) is 12.5 Å². The van der Waals surface area contributed by atoms with Gasteiger partial charge in [0.15, 0.2) is 0 Å². The molecule has 0 amide bonds. The first kappa shape index (κ1) is 12.4. The highest BCUT2D eigenvalue weighted by Gasteiger charge is 2.23. The molecule has 1 atom stereocenters. The van der Waals surface area contributed by atoms with E-state index in [9.17, 15) is 0 Å². The van der Waals surface area contributed by atoms with Crippen molar-refractivity contribution in [3.8, 4) is 5.75 Å². The molecule has 0 aromatic heterocycles. The van der Waals surface area contributed by atoms with Gasteiger partial charge in [-0.1, -0.05) is 24.6 Å². The lowest BCUT2D eigenvalue weighted by Gasteiger charge is -2.19. The zero-order chi connectivity index (χ0) is 12.4. The molecule has 2 N–H and O–H groups in total. The molecule has 2 rings (SSSR count). The van der Waals surface area contributed by atoms with Crippen molar-refractivity contribution in [3.63, 3.8) is 0 Å². The Bertz CT molecular complexity index is 396. The van der Waals surface area contributed by atoms with Crippen molar-refractivity contribution in [1.29, 1.82) is 0 Å². The molecule has 2 nitrogen and oxygen atoms in total. The topological polar surface area (TPSA) is 35.2 Å². The van der Waals surface area contributed by atoms with Crippen LogP contribution in [0.2, 0.25) is 0 Å². The summed E-state index contributed by atoms with van der Waals surface area (Å²) in [7, 11) is 0. The molecule has 1 saturated carbocycles. The maximum Gasteiger partial charge on any atom is 0.125 e. The first-order chi connectivity index (χ1) is 8.11. The van der Waals surface area contributed by atoms with E-state index in [1.807, 2.05) is 0 Å². The highest BCUT2D eigenvalue weighted by Crippen LogP contribution is 2.34. The van der Waals surface area contributed by atoms with Gasteiger partial charge in [0.05, 0.1) is 6.61 Å². The SMILES string of the molecule is Cc1cc(C)c(OCC2CC2)c(C(C)CN)c1. The fourth-order valence-electron chi connectivity index (χ4n) is 2.16. The zero-order valence-corrected chi connectivity index (χ0v) is 11.1. The average molecular weight is 233 g/mol. The minimum absolute atomic E-state index is 0.364. The van der Waals surface area contributed by atoms with Crippen LogP contribution in [0.1, 0.15) is 42.4 Å². The predicted octanol–water partition coefficient (Wildman–Crippen LogP) is 3.15. The van der Waals surface area contributed by atoms with Crippen LogP contribution in [-0.2, 0) is 0 Å². The molecule has 1 unspecified atom stereocenters. The van der Waals surface area contributed by atoms with Crippen LogP contribution >= 0.6 is 0 Å². The monoisotopic (exact) mass is 233 g/mol. The largest absolute Gasteiger partial charge is 0.493 e. The van der Waals surface area contributed by atoms with Gasteiger partial charge in [-0.25, -0.2) is 0 Å². The highest BCUT2D eigenvalue weighted by molar-refractivity contribution is 5.45. The van der Waals surface area contributed by atoms with Crippen molar-refractivity contribution in [1.82, 2.24) is 0 Å². The van der Waals surface area contributed by atoms with Crippen LogP contribution in [0.4, 0.5) is 0 Å². The first-order valence-electron chi connectivity index (χ1n) is 6.55. The molecule has 1 fully saturated rings. The molecule has 94 valence electrons. The molecule has 0 spiro atoms. The van der Waals surface area contributed by atoms with E-state index >= 15 is 0 Å². The standard InChI is InChI=1S/C15H23NO/c1-10-6-11(2)15(17-9-13-4-5-13)14(7-10)12(3)8-16/h6-7,12-13H,4-5,8-9,16H2,1-3H3. The Hall–Kier alpha value is -1.02. The van der Waals surface area contributed by atoms with Crippen molar-refractivity contribution in [2.24, 2.45) is 11.7 Å². The summed E-state index contributed by atoms with van der Waals surface area (Å²) in [5.74, 6) is 2.22. The van der Waals surface area contributed by atoms with Gasteiger partial charge in [-0.05, 0) is 56.2 Å². The fourth-order valence-corrected chi connectivity index (χ4v) is 2.16. The molecular weight excluding hydrogens is 210 g/mol. The molecule has 0 bridgehead atoms. The van der Waals surface area contributed by atoms with Crippen LogP contribution in [0.15, 0.2) is 12.1 Å². The van der Waals surface area contributed by atoms with Crippen LogP contribution < -0.4 is 10.5 Å². The smallest absolute Gasteiger partial charge is 0.125 e. The maximum atomic E-state index is 6.01. The Morgan fingerprint density at radius 2 is 2.06 bits per heavy atom. The minimum Gasteiger partial charge on any atom is -0.493 e. The van der Waals surface area contributed by atoms with Crippen LogP contribution in [0.25, 0.3) is 0 Å². The summed E-state index contributed by atoms with van der Waals surface area (Å²) in [4.78, 5) is 0. The lowest BCUT2D eigenvalue weighted by Crippen LogP contribution is -2.12. The van der Waals surface area contributed by atoms with Crippen LogP contribution in [-0.4, -0.2) is 13.2 Å². The number of rotatable bonds is 5. The number of ether oxygens (including phenoxy) is 1. The van der Waals surface area contributed by atoms with E-state index in [-0.39, 0.29) is 0 Å². The van der Waals surface area contributed by atoms with Gasteiger partial charge < -0.3 is 10.5 Å². The maximum absolute atomic E-state index is 6.01. The molecule has 0 aliphatic heterocycles. The summed E-state index contributed by atoms with van der Waals surface area (Å²) in [6.45, 7) is 7.96. The van der Waals surface area contributed by atoms with Gasteiger partial charge in [0.1, 0.15) is 5.75 Å². The van der Waals surface area contributed by atoms with Crippen molar-refractivity contribution in [2.45, 2.75) is 39.5 Å². The van der Waals surface area contributed by atoms with Crippen LogP contribution in [0.3, 0.4) is 0 Å². The number of hydrogen-bond acceptors (Lipinski definition) is 2. The van der Waals surface area contributed by atoms with E-state index < -0.39 is 0 Å². The average Bonchev–Trinajstić information content (AvgIpc) is 3.09. The zero-order valence-electron chi connectivity index (χ0n) is 11.1. The lowest BCUT2D eigenvalue weighted by atomic mass is 9.95. The Morgan fingerprint density at radius 3 is 2.65 bits per heavy atom. The molecular formula is C15H23NO. The van der Waals surface area contributed by atoms with E-state index in [1.165, 1.54) is 29.5 Å². The molecule has 1 aliphatic carbocycles. The number of benzene rings is 1. The summed E-state index contributed by atoms with van der Waals surface area (Å²) >= 11 is 0. The van der Waals surface area contributed by atoms with Crippen molar-refractivity contribution in [3.05, 3.63) is 28.8 Å². The van der Waals surface area contributed by atoms with Crippen molar-refractivity contribution in [2.75, 3.05) is 13.2 Å². The van der Waals surface area contributed by atoms with E-state index in [2.05, 4.69) is 32.9 Å². The van der Waals surface area contributed by atoms with Gasteiger partial charge in [-0.15, -0.1) is 0 Å². The molecule has 17 heavy (non-hydrogen) atoms. The van der Waals surface area contributed by atoms with Gasteiger partial charge >= 0.3 is 0 Å². The molecule has 0 heterocycles. The second kappa shape index (κ2) is 5.09. The van der Waals surface area contributed by atoms with Crippen LogP contribution in [0, 0.1) is 19.8 Å². The summed E-state index contributed by atoms with van der Waals surface area (Å²) in [6, 6.07) is 4.40. The third kappa shape index (κ3) is 3.01. The van der Waals surface area contributed by atoms with Gasteiger partial charge in [-0.2, -0.15) is 0 Å². The number of aryl methyl sites for hydroxylation is 2. The van der Waals surface area contributed by atoms with Crippen molar-refractivity contribution >= 4 is 0 Å². The Labute approximate surface area is 104 Å². The van der Waals surface area contributed by atoms with Gasteiger partial charge in [-0.3, -0.25) is 0 Å². The summed E-state index contributed by atoms with van der Waals surface area (Å²) in [5.41, 5.74) is 9.58. The van der Waals surface area contributed by atoms with E-state index in [1.54, 1.807) is 0 Å². The molecule has 0 saturated heterocycles. The molecule has 2 heteroatoms. The second-order valence-corrected chi connectivity index (χ2v) is 5.39. The molecule has 1 aromatic rings. The number of nitrogens with two attached hydrogens (primary N) is 1. The summed E-state index contributed by atoms with van der Waals surface area (Å²) in [6.07, 6.45) is 2.65. The van der Waals surface area contributed by atoms with Gasteiger partial charge in [0.2, 0.25) is 0 Å². The minimum atomic E-state index is 0.364. The highest BCUT2D eigenvalue weighted by atomic mass is 16.5. The second-order valence-electron chi connectivity index (χ2n) is 5.39. The third-order valence-electron chi connectivity index (χ3n) is 3.49.